The first-order valence-electron chi connectivity index (χ1n) is 8.60. The quantitative estimate of drug-likeness (QED) is 0.601. The number of carbonyl (C=O) groups excluding carboxylic acids is 1. The van der Waals surface area contributed by atoms with Crippen LogP contribution in [0.15, 0.2) is 30.6 Å². The number of carbonyl (C=O) groups is 1. The highest BCUT2D eigenvalue weighted by Gasteiger charge is 2.31. The van der Waals surface area contributed by atoms with Gasteiger partial charge in [0.05, 0.1) is 5.56 Å². The van der Waals surface area contributed by atoms with Crippen molar-refractivity contribution >= 4 is 12.1 Å². The predicted molar refractivity (Wildman–Crippen MR) is 94.6 cm³/mol. The molecule has 1 N–H and O–H groups in total. The molecule has 0 radical (unpaired) electrons. The minimum absolute atomic E-state index is 0.0101. The fraction of sp³-hybridized carbons (Fsp3) is 0.389. The Morgan fingerprint density at radius 1 is 1.32 bits per heavy atom. The van der Waals surface area contributed by atoms with E-state index in [1.54, 1.807) is 4.90 Å². The van der Waals surface area contributed by atoms with Gasteiger partial charge >= 0.3 is 6.18 Å². The third-order valence-electron chi connectivity index (χ3n) is 4.37. The van der Waals surface area contributed by atoms with Gasteiger partial charge in [0.25, 0.3) is 0 Å². The van der Waals surface area contributed by atoms with Gasteiger partial charge in [0.1, 0.15) is 13.0 Å². The molecule has 1 aliphatic rings. The van der Waals surface area contributed by atoms with Gasteiger partial charge in [-0.2, -0.15) is 13.2 Å². The molecule has 1 amide bonds. The van der Waals surface area contributed by atoms with Crippen molar-refractivity contribution in [2.45, 2.75) is 12.9 Å². The number of likely N-dealkylation sites (tertiary alicyclic amines) is 1. The normalized spacial score (nSPS) is 15.2. The van der Waals surface area contributed by atoms with Gasteiger partial charge in [-0.25, -0.2) is 14.1 Å². The van der Waals surface area contributed by atoms with E-state index >= 15 is 0 Å². The molecule has 150 valence electrons. The summed E-state index contributed by atoms with van der Waals surface area (Å²) >= 11 is 0. The van der Waals surface area contributed by atoms with Crippen LogP contribution in [0.5, 0.6) is 0 Å². The highest BCUT2D eigenvalue weighted by Crippen LogP contribution is 2.33. The van der Waals surface area contributed by atoms with Crippen LogP contribution in [0.25, 0.3) is 17.6 Å². The average molecular weight is 397 g/mol. The van der Waals surface area contributed by atoms with Crippen molar-refractivity contribution in [2.24, 2.45) is 5.92 Å². The molecule has 1 aliphatic heterocycles. The molecule has 2 aromatic rings. The van der Waals surface area contributed by atoms with Crippen molar-refractivity contribution in [1.29, 1.82) is 0 Å². The number of hydrogen-bond donors (Lipinski definition) is 1. The lowest BCUT2D eigenvalue weighted by Crippen LogP contribution is -2.52. The molecule has 1 aromatic heterocycles. The van der Waals surface area contributed by atoms with Crippen molar-refractivity contribution in [1.82, 2.24) is 25.0 Å². The summed E-state index contributed by atoms with van der Waals surface area (Å²) in [5.74, 6) is 0.269. The largest absolute Gasteiger partial charge is 0.416 e. The van der Waals surface area contributed by atoms with Crippen molar-refractivity contribution in [3.63, 3.8) is 0 Å². The van der Waals surface area contributed by atoms with E-state index < -0.39 is 18.4 Å². The summed E-state index contributed by atoms with van der Waals surface area (Å²) in [6.07, 6.45) is -0.618. The molecule has 0 bridgehead atoms. The Labute approximate surface area is 158 Å². The Balaban J connectivity index is 1.71. The smallest absolute Gasteiger partial charge is 0.338 e. The van der Waals surface area contributed by atoms with E-state index in [-0.39, 0.29) is 22.9 Å². The predicted octanol–water partition coefficient (Wildman–Crippen LogP) is 2.58. The second-order valence-electron chi connectivity index (χ2n) is 6.58. The van der Waals surface area contributed by atoms with E-state index in [1.165, 1.54) is 29.4 Å². The third-order valence-corrected chi connectivity index (χ3v) is 4.37. The number of nitrogens with one attached hydrogen (secondary N) is 1. The summed E-state index contributed by atoms with van der Waals surface area (Å²) in [5, 5.41) is 7.10. The summed E-state index contributed by atoms with van der Waals surface area (Å²) in [6, 6.07) is 2.90. The topological polar surface area (TPSA) is 63.1 Å². The second-order valence-corrected chi connectivity index (χ2v) is 6.58. The minimum atomic E-state index is -4.60. The molecule has 0 atom stereocenters. The molecule has 0 aliphatic carbocycles. The number of rotatable bonds is 6. The Bertz CT molecular complexity index is 871. The molecule has 6 nitrogen and oxygen atoms in total. The monoisotopic (exact) mass is 397 g/mol. The lowest BCUT2D eigenvalue weighted by atomic mass is 10.0. The second kappa shape index (κ2) is 8.09. The molecule has 2 heterocycles. The van der Waals surface area contributed by atoms with Gasteiger partial charge in [-0.05, 0) is 30.8 Å². The first-order chi connectivity index (χ1) is 13.3. The molecular weight excluding hydrogens is 378 g/mol. The zero-order valence-electron chi connectivity index (χ0n) is 15.1. The lowest BCUT2D eigenvalue weighted by molar-refractivity contribution is -0.137. The molecule has 10 heteroatoms. The van der Waals surface area contributed by atoms with Crippen LogP contribution in [-0.4, -0.2) is 52.3 Å². The van der Waals surface area contributed by atoms with Crippen LogP contribution in [0, 0.1) is 5.92 Å². The van der Waals surface area contributed by atoms with Crippen LogP contribution in [0.4, 0.5) is 17.6 Å². The van der Waals surface area contributed by atoms with Crippen LogP contribution in [0.2, 0.25) is 0 Å². The van der Waals surface area contributed by atoms with Crippen molar-refractivity contribution in [3.8, 4) is 11.4 Å². The number of hydrogen-bond acceptors (Lipinski definition) is 4. The van der Waals surface area contributed by atoms with Crippen molar-refractivity contribution < 1.29 is 22.4 Å². The highest BCUT2D eigenvalue weighted by atomic mass is 19.4. The van der Waals surface area contributed by atoms with Gasteiger partial charge in [0.15, 0.2) is 5.82 Å². The van der Waals surface area contributed by atoms with Crippen molar-refractivity contribution in [3.05, 3.63) is 41.7 Å². The lowest BCUT2D eigenvalue weighted by Gasteiger charge is -2.38. The molecular formula is C18H19F4N5O. The Morgan fingerprint density at radius 2 is 2.07 bits per heavy atom. The van der Waals surface area contributed by atoms with Gasteiger partial charge in [-0.15, -0.1) is 5.10 Å². The standard InChI is InChI=1S/C18H19F4N5O/c1-23-8-13-9-26(10-13)16(28)2-3-27-11-24-17(25-27)14-4-12(7-19)5-15(6-14)18(20,21)22/h2-6,11,13,23H,7-10H2,1H3/b3-2-. The maximum absolute atomic E-state index is 13.0. The van der Waals surface area contributed by atoms with Gasteiger partial charge in [0.2, 0.25) is 5.91 Å². The summed E-state index contributed by atoms with van der Waals surface area (Å²) in [5.41, 5.74) is -1.02. The van der Waals surface area contributed by atoms with E-state index in [2.05, 4.69) is 15.4 Å². The van der Waals surface area contributed by atoms with E-state index in [9.17, 15) is 22.4 Å². The number of amides is 1. The maximum atomic E-state index is 13.0. The van der Waals surface area contributed by atoms with Crippen LogP contribution in [-0.2, 0) is 17.6 Å². The fourth-order valence-electron chi connectivity index (χ4n) is 2.95. The average Bonchev–Trinajstić information content (AvgIpc) is 3.10. The van der Waals surface area contributed by atoms with Gasteiger partial charge in [0, 0.05) is 43.4 Å². The van der Waals surface area contributed by atoms with Crippen LogP contribution in [0.1, 0.15) is 11.1 Å². The number of nitrogens with zero attached hydrogens (tertiary/aromatic N) is 4. The molecule has 1 aromatic carbocycles. The Morgan fingerprint density at radius 3 is 2.71 bits per heavy atom. The van der Waals surface area contributed by atoms with Gasteiger partial charge in [-0.1, -0.05) is 0 Å². The third kappa shape index (κ3) is 4.56. The summed E-state index contributed by atoms with van der Waals surface area (Å²) in [4.78, 5) is 17.7. The van der Waals surface area contributed by atoms with E-state index in [0.29, 0.717) is 19.0 Å². The summed E-state index contributed by atoms with van der Waals surface area (Å²) in [7, 11) is 1.85. The SMILES string of the molecule is CNCC1CN(C(=O)/C=C\n2cnc(-c3cc(CF)cc(C(F)(F)F)c3)n2)C1. The number of halogens is 4. The first kappa shape index (κ1) is 20.0. The molecule has 28 heavy (non-hydrogen) atoms. The maximum Gasteiger partial charge on any atom is 0.416 e. The zero-order valence-corrected chi connectivity index (χ0v) is 15.1. The van der Waals surface area contributed by atoms with E-state index in [4.69, 9.17) is 0 Å². The van der Waals surface area contributed by atoms with Crippen LogP contribution >= 0.6 is 0 Å². The Hall–Kier alpha value is -2.75. The summed E-state index contributed by atoms with van der Waals surface area (Å²) < 4.78 is 53.1. The van der Waals surface area contributed by atoms with Crippen LogP contribution in [0.3, 0.4) is 0 Å². The number of alkyl halides is 4. The molecule has 1 fully saturated rings. The van der Waals surface area contributed by atoms with Gasteiger partial charge < -0.3 is 10.2 Å². The molecule has 3 rings (SSSR count). The molecule has 0 saturated carbocycles. The minimum Gasteiger partial charge on any atom is -0.338 e. The summed E-state index contributed by atoms with van der Waals surface area (Å²) in [6.45, 7) is 1.15. The Kier molecular flexibility index (Phi) is 5.78. The number of benzene rings is 1. The molecule has 1 saturated heterocycles. The van der Waals surface area contributed by atoms with Gasteiger partial charge in [-0.3, -0.25) is 4.79 Å². The highest BCUT2D eigenvalue weighted by molar-refractivity contribution is 5.90. The molecule has 0 unspecified atom stereocenters. The van der Waals surface area contributed by atoms with E-state index in [0.717, 1.165) is 18.7 Å². The van der Waals surface area contributed by atoms with Crippen molar-refractivity contribution in [2.75, 3.05) is 26.7 Å². The van der Waals surface area contributed by atoms with E-state index in [1.807, 2.05) is 7.05 Å². The van der Waals surface area contributed by atoms with Crippen LogP contribution < -0.4 is 5.32 Å². The number of aromatic nitrogens is 3. The fourth-order valence-corrected chi connectivity index (χ4v) is 2.95. The first-order valence-corrected chi connectivity index (χ1v) is 8.60. The zero-order chi connectivity index (χ0) is 20.3. The molecule has 0 spiro atoms.